The Kier molecular flexibility index (Phi) is 3.71. The first-order valence-corrected chi connectivity index (χ1v) is 7.99. The molecule has 0 radical (unpaired) electrons. The van der Waals surface area contributed by atoms with Crippen LogP contribution in [0, 0.1) is 0 Å². The van der Waals surface area contributed by atoms with Gasteiger partial charge in [0.15, 0.2) is 0 Å². The molecule has 0 bridgehead atoms. The van der Waals surface area contributed by atoms with Crippen molar-refractivity contribution in [2.75, 3.05) is 6.54 Å². The molecule has 0 saturated carbocycles. The molecule has 2 heterocycles. The Balaban J connectivity index is 1.41. The molecule has 4 heteroatoms. The zero-order chi connectivity index (χ0) is 16.4. The van der Waals surface area contributed by atoms with Gasteiger partial charge in [0, 0.05) is 30.9 Å². The zero-order valence-electron chi connectivity index (χ0n) is 13.1. The molecule has 0 saturated heterocycles. The topological polar surface area (TPSA) is 46.4 Å². The van der Waals surface area contributed by atoms with E-state index in [0.717, 1.165) is 22.1 Å². The summed E-state index contributed by atoms with van der Waals surface area (Å²) >= 11 is 0. The lowest BCUT2D eigenvalue weighted by molar-refractivity contribution is 0.0954. The molecular formula is C20H17N3O. The monoisotopic (exact) mass is 315 g/mol. The van der Waals surface area contributed by atoms with Crippen LogP contribution in [-0.4, -0.2) is 21.8 Å². The standard InChI is InChI=1S/C20H17N3O/c24-20(17-9-8-15-5-1-2-6-16(15)13-17)21-11-10-18-14-23-12-4-3-7-19(23)22-18/h1-9,12-14H,10-11H2,(H,21,24). The first kappa shape index (κ1) is 14.5. The van der Waals surface area contributed by atoms with Crippen LogP contribution >= 0.6 is 0 Å². The van der Waals surface area contributed by atoms with Gasteiger partial charge in [-0.15, -0.1) is 0 Å². The lowest BCUT2D eigenvalue weighted by Crippen LogP contribution is -2.25. The molecular weight excluding hydrogens is 298 g/mol. The fourth-order valence-electron chi connectivity index (χ4n) is 2.84. The summed E-state index contributed by atoms with van der Waals surface area (Å²) in [6, 6.07) is 19.7. The fraction of sp³-hybridized carbons (Fsp3) is 0.100. The molecule has 0 aliphatic carbocycles. The van der Waals surface area contributed by atoms with Gasteiger partial charge in [-0.3, -0.25) is 4.79 Å². The van der Waals surface area contributed by atoms with Crippen LogP contribution in [0.25, 0.3) is 16.4 Å². The highest BCUT2D eigenvalue weighted by Gasteiger charge is 2.07. The van der Waals surface area contributed by atoms with Crippen LogP contribution in [0.3, 0.4) is 0 Å². The predicted octanol–water partition coefficient (Wildman–Crippen LogP) is 3.46. The van der Waals surface area contributed by atoms with Gasteiger partial charge in [-0.25, -0.2) is 4.98 Å². The van der Waals surface area contributed by atoms with Gasteiger partial charge in [-0.1, -0.05) is 36.4 Å². The first-order chi connectivity index (χ1) is 11.8. The number of nitrogens with one attached hydrogen (secondary N) is 1. The van der Waals surface area contributed by atoms with Crippen molar-refractivity contribution < 1.29 is 4.79 Å². The molecule has 4 rings (SSSR count). The number of fused-ring (bicyclic) bond motifs is 2. The third kappa shape index (κ3) is 2.86. The van der Waals surface area contributed by atoms with E-state index in [1.54, 1.807) is 0 Å². The van der Waals surface area contributed by atoms with Gasteiger partial charge in [-0.05, 0) is 35.0 Å². The van der Waals surface area contributed by atoms with Gasteiger partial charge in [-0.2, -0.15) is 0 Å². The number of benzene rings is 2. The number of carbonyl (C=O) groups is 1. The molecule has 4 aromatic rings. The lowest BCUT2D eigenvalue weighted by atomic mass is 10.1. The molecule has 0 aliphatic heterocycles. The van der Waals surface area contributed by atoms with Gasteiger partial charge in [0.2, 0.25) is 0 Å². The molecule has 0 spiro atoms. The number of pyridine rings is 1. The van der Waals surface area contributed by atoms with Gasteiger partial charge in [0.25, 0.3) is 5.91 Å². The number of hydrogen-bond donors (Lipinski definition) is 1. The van der Waals surface area contributed by atoms with Crippen LogP contribution in [-0.2, 0) is 6.42 Å². The van der Waals surface area contributed by atoms with E-state index in [1.165, 1.54) is 0 Å². The summed E-state index contributed by atoms with van der Waals surface area (Å²) in [5, 5.41) is 5.18. The minimum atomic E-state index is -0.0514. The summed E-state index contributed by atoms with van der Waals surface area (Å²) in [6.45, 7) is 0.565. The molecule has 2 aromatic carbocycles. The van der Waals surface area contributed by atoms with E-state index in [0.29, 0.717) is 18.5 Å². The van der Waals surface area contributed by atoms with Crippen LogP contribution in [0.4, 0.5) is 0 Å². The summed E-state index contributed by atoms with van der Waals surface area (Å²) in [4.78, 5) is 16.8. The van der Waals surface area contributed by atoms with E-state index in [2.05, 4.69) is 10.3 Å². The minimum Gasteiger partial charge on any atom is -0.352 e. The molecule has 2 aromatic heterocycles. The second-order valence-corrected chi connectivity index (χ2v) is 5.77. The Morgan fingerprint density at radius 3 is 2.71 bits per heavy atom. The van der Waals surface area contributed by atoms with E-state index in [4.69, 9.17) is 0 Å². The Morgan fingerprint density at radius 2 is 1.83 bits per heavy atom. The SMILES string of the molecule is O=C(NCCc1cn2ccccc2n1)c1ccc2ccccc2c1. The van der Waals surface area contributed by atoms with Gasteiger partial charge in [0.05, 0.1) is 5.69 Å². The smallest absolute Gasteiger partial charge is 0.251 e. The number of nitrogens with zero attached hydrogens (tertiary/aromatic N) is 2. The Hall–Kier alpha value is -3.14. The van der Waals surface area contributed by atoms with E-state index >= 15 is 0 Å². The highest BCUT2D eigenvalue weighted by molar-refractivity contribution is 5.98. The average Bonchev–Trinajstić information content (AvgIpc) is 3.04. The predicted molar refractivity (Wildman–Crippen MR) is 95.2 cm³/mol. The normalized spacial score (nSPS) is 11.0. The summed E-state index contributed by atoms with van der Waals surface area (Å²) in [6.07, 6.45) is 4.68. The van der Waals surface area contributed by atoms with Crippen LogP contribution in [0.5, 0.6) is 0 Å². The summed E-state index contributed by atoms with van der Waals surface area (Å²) in [7, 11) is 0. The van der Waals surface area contributed by atoms with Gasteiger partial charge < -0.3 is 9.72 Å². The Morgan fingerprint density at radius 1 is 1.00 bits per heavy atom. The van der Waals surface area contributed by atoms with E-state index in [-0.39, 0.29) is 5.91 Å². The fourth-order valence-corrected chi connectivity index (χ4v) is 2.84. The molecule has 1 amide bonds. The van der Waals surface area contributed by atoms with E-state index < -0.39 is 0 Å². The number of rotatable bonds is 4. The molecule has 0 atom stereocenters. The molecule has 0 unspecified atom stereocenters. The highest BCUT2D eigenvalue weighted by Crippen LogP contribution is 2.15. The molecule has 24 heavy (non-hydrogen) atoms. The third-order valence-corrected chi connectivity index (χ3v) is 4.09. The van der Waals surface area contributed by atoms with Crippen molar-refractivity contribution in [1.29, 1.82) is 0 Å². The molecule has 0 fully saturated rings. The maximum absolute atomic E-state index is 12.3. The Bertz CT molecular complexity index is 986. The van der Waals surface area contributed by atoms with Crippen molar-refractivity contribution in [3.63, 3.8) is 0 Å². The van der Waals surface area contributed by atoms with Crippen molar-refractivity contribution in [2.24, 2.45) is 0 Å². The molecule has 4 nitrogen and oxygen atoms in total. The number of carbonyl (C=O) groups excluding carboxylic acids is 1. The maximum atomic E-state index is 12.3. The maximum Gasteiger partial charge on any atom is 0.251 e. The zero-order valence-corrected chi connectivity index (χ0v) is 13.1. The second kappa shape index (κ2) is 6.16. The second-order valence-electron chi connectivity index (χ2n) is 5.77. The molecule has 118 valence electrons. The van der Waals surface area contributed by atoms with Crippen molar-refractivity contribution in [1.82, 2.24) is 14.7 Å². The minimum absolute atomic E-state index is 0.0514. The van der Waals surface area contributed by atoms with Crippen LogP contribution in [0.2, 0.25) is 0 Å². The molecule has 1 N–H and O–H groups in total. The molecule has 0 aliphatic rings. The van der Waals surface area contributed by atoms with Crippen molar-refractivity contribution in [3.8, 4) is 0 Å². The van der Waals surface area contributed by atoms with Crippen molar-refractivity contribution in [3.05, 3.63) is 84.3 Å². The van der Waals surface area contributed by atoms with Crippen LogP contribution in [0.15, 0.2) is 73.1 Å². The van der Waals surface area contributed by atoms with E-state index in [9.17, 15) is 4.79 Å². The number of aromatic nitrogens is 2. The van der Waals surface area contributed by atoms with Crippen LogP contribution in [0.1, 0.15) is 16.1 Å². The highest BCUT2D eigenvalue weighted by atomic mass is 16.1. The van der Waals surface area contributed by atoms with E-state index in [1.807, 2.05) is 77.5 Å². The van der Waals surface area contributed by atoms with Gasteiger partial charge >= 0.3 is 0 Å². The van der Waals surface area contributed by atoms with Gasteiger partial charge in [0.1, 0.15) is 5.65 Å². The van der Waals surface area contributed by atoms with Crippen LogP contribution < -0.4 is 5.32 Å². The van der Waals surface area contributed by atoms with Crippen molar-refractivity contribution >= 4 is 22.3 Å². The first-order valence-electron chi connectivity index (χ1n) is 7.99. The summed E-state index contributed by atoms with van der Waals surface area (Å²) < 4.78 is 1.99. The third-order valence-electron chi connectivity index (χ3n) is 4.09. The summed E-state index contributed by atoms with van der Waals surface area (Å²) in [5.74, 6) is -0.0514. The van der Waals surface area contributed by atoms with Crippen molar-refractivity contribution in [2.45, 2.75) is 6.42 Å². The number of amides is 1. The largest absolute Gasteiger partial charge is 0.352 e. The summed E-state index contributed by atoms with van der Waals surface area (Å²) in [5.41, 5.74) is 2.58. The number of imidazole rings is 1. The lowest BCUT2D eigenvalue weighted by Gasteiger charge is -2.05. The Labute approximate surface area is 139 Å². The quantitative estimate of drug-likeness (QED) is 0.627. The average molecular weight is 315 g/mol. The number of hydrogen-bond acceptors (Lipinski definition) is 2.